The third kappa shape index (κ3) is 5.92. The molecule has 0 radical (unpaired) electrons. The molecule has 0 aliphatic rings. The highest BCUT2D eigenvalue weighted by Gasteiger charge is 2.08. The fraction of sp³-hybridized carbons (Fsp3) is 0.600. The lowest BCUT2D eigenvalue weighted by molar-refractivity contribution is 0.338. The van der Waals surface area contributed by atoms with Crippen molar-refractivity contribution >= 4 is 9.84 Å². The molecule has 0 heterocycles. The van der Waals surface area contributed by atoms with Gasteiger partial charge in [-0.25, -0.2) is 8.42 Å². The maximum absolute atomic E-state index is 11.1. The topological polar surface area (TPSA) is 55.4 Å². The van der Waals surface area contributed by atoms with Gasteiger partial charge in [0.2, 0.25) is 0 Å². The molecule has 1 unspecified atom stereocenters. The summed E-state index contributed by atoms with van der Waals surface area (Å²) in [6.07, 6.45) is 2.32. The zero-order valence-corrected chi connectivity index (χ0v) is 13.6. The zero-order valence-electron chi connectivity index (χ0n) is 12.8. The standard InChI is InChI=1S/C15H25NO3S/c1-5-8-16-13(3)14-6-7-15(12(2)11-14)19-9-10-20(4,17)18/h6-7,11,13,16H,5,8-10H2,1-4H3. The van der Waals surface area contributed by atoms with Crippen LogP contribution in [0.4, 0.5) is 0 Å². The average Bonchev–Trinajstić information content (AvgIpc) is 2.36. The number of sulfone groups is 1. The fourth-order valence-corrected chi connectivity index (χ4v) is 2.27. The molecule has 20 heavy (non-hydrogen) atoms. The molecule has 1 rings (SSSR count). The van der Waals surface area contributed by atoms with E-state index in [9.17, 15) is 8.42 Å². The van der Waals surface area contributed by atoms with E-state index in [1.165, 1.54) is 11.8 Å². The van der Waals surface area contributed by atoms with Crippen LogP contribution in [0, 0.1) is 6.92 Å². The van der Waals surface area contributed by atoms with E-state index in [4.69, 9.17) is 4.74 Å². The minimum absolute atomic E-state index is 0.0443. The summed E-state index contributed by atoms with van der Waals surface area (Å²) in [6.45, 7) is 7.44. The summed E-state index contributed by atoms with van der Waals surface area (Å²) in [4.78, 5) is 0. The number of benzene rings is 1. The van der Waals surface area contributed by atoms with Gasteiger partial charge >= 0.3 is 0 Å². The maximum Gasteiger partial charge on any atom is 0.150 e. The maximum atomic E-state index is 11.1. The minimum Gasteiger partial charge on any atom is -0.492 e. The molecule has 5 heteroatoms. The molecule has 4 nitrogen and oxygen atoms in total. The second-order valence-electron chi connectivity index (χ2n) is 5.18. The molecule has 0 aromatic heterocycles. The summed E-state index contributed by atoms with van der Waals surface area (Å²) in [5.74, 6) is 0.794. The Kier molecular flexibility index (Phi) is 6.49. The van der Waals surface area contributed by atoms with Crippen molar-refractivity contribution in [2.75, 3.05) is 25.2 Å². The van der Waals surface area contributed by atoms with Gasteiger partial charge in [0.25, 0.3) is 0 Å². The number of hydrogen-bond acceptors (Lipinski definition) is 4. The van der Waals surface area contributed by atoms with E-state index in [-0.39, 0.29) is 12.4 Å². The number of ether oxygens (including phenoxy) is 1. The van der Waals surface area contributed by atoms with Crippen molar-refractivity contribution in [1.82, 2.24) is 5.32 Å². The molecule has 0 aliphatic carbocycles. The van der Waals surface area contributed by atoms with Gasteiger partial charge in [0.15, 0.2) is 9.84 Å². The first-order chi connectivity index (χ1) is 9.33. The quantitative estimate of drug-likeness (QED) is 0.801. The molecule has 0 saturated heterocycles. The molecular formula is C15H25NO3S. The second kappa shape index (κ2) is 7.64. The van der Waals surface area contributed by atoms with Gasteiger partial charge in [0, 0.05) is 12.3 Å². The van der Waals surface area contributed by atoms with Gasteiger partial charge in [-0.1, -0.05) is 19.1 Å². The van der Waals surface area contributed by atoms with Crippen molar-refractivity contribution in [3.63, 3.8) is 0 Å². The molecular weight excluding hydrogens is 274 g/mol. The van der Waals surface area contributed by atoms with E-state index in [1.54, 1.807) is 0 Å². The summed E-state index contributed by atoms with van der Waals surface area (Å²) >= 11 is 0. The van der Waals surface area contributed by atoms with E-state index in [1.807, 2.05) is 19.1 Å². The lowest BCUT2D eigenvalue weighted by atomic mass is 10.0. The van der Waals surface area contributed by atoms with Crippen LogP contribution in [-0.4, -0.2) is 33.6 Å². The van der Waals surface area contributed by atoms with Crippen molar-refractivity contribution in [1.29, 1.82) is 0 Å². The average molecular weight is 299 g/mol. The summed E-state index contributed by atoms with van der Waals surface area (Å²) in [5.41, 5.74) is 2.24. The minimum atomic E-state index is -2.97. The first kappa shape index (κ1) is 17.0. The highest BCUT2D eigenvalue weighted by atomic mass is 32.2. The number of nitrogens with one attached hydrogen (secondary N) is 1. The summed E-state index contributed by atoms with van der Waals surface area (Å²) in [6, 6.07) is 6.33. The van der Waals surface area contributed by atoms with Crippen molar-refractivity contribution < 1.29 is 13.2 Å². The van der Waals surface area contributed by atoms with Crippen molar-refractivity contribution in [3.05, 3.63) is 29.3 Å². The number of aryl methyl sites for hydroxylation is 1. The van der Waals surface area contributed by atoms with Gasteiger partial charge in [-0.15, -0.1) is 0 Å². The van der Waals surface area contributed by atoms with Crippen molar-refractivity contribution in [2.24, 2.45) is 0 Å². The van der Waals surface area contributed by atoms with Crippen LogP contribution in [0.2, 0.25) is 0 Å². The summed E-state index contributed by atoms with van der Waals surface area (Å²) in [5, 5.41) is 3.44. The Morgan fingerprint density at radius 3 is 2.60 bits per heavy atom. The first-order valence-electron chi connectivity index (χ1n) is 6.98. The van der Waals surface area contributed by atoms with Crippen molar-refractivity contribution in [2.45, 2.75) is 33.2 Å². The van der Waals surface area contributed by atoms with E-state index in [0.29, 0.717) is 6.04 Å². The van der Waals surface area contributed by atoms with Crippen LogP contribution in [0.25, 0.3) is 0 Å². The third-order valence-electron chi connectivity index (χ3n) is 3.11. The van der Waals surface area contributed by atoms with Crippen LogP contribution >= 0.6 is 0 Å². The van der Waals surface area contributed by atoms with E-state index >= 15 is 0 Å². The van der Waals surface area contributed by atoms with Crippen LogP contribution < -0.4 is 10.1 Å². The molecule has 0 aliphatic heterocycles. The smallest absolute Gasteiger partial charge is 0.150 e. The summed E-state index contributed by atoms with van der Waals surface area (Å²) in [7, 11) is -2.97. The molecule has 0 fully saturated rings. The van der Waals surface area contributed by atoms with Gasteiger partial charge < -0.3 is 10.1 Å². The van der Waals surface area contributed by atoms with Crippen LogP contribution in [0.5, 0.6) is 5.75 Å². The van der Waals surface area contributed by atoms with E-state index < -0.39 is 9.84 Å². The Morgan fingerprint density at radius 1 is 1.35 bits per heavy atom. The fourth-order valence-electron chi connectivity index (χ4n) is 1.89. The predicted molar refractivity (Wildman–Crippen MR) is 83.1 cm³/mol. The highest BCUT2D eigenvalue weighted by molar-refractivity contribution is 7.90. The van der Waals surface area contributed by atoms with Crippen LogP contribution in [0.1, 0.15) is 37.4 Å². The highest BCUT2D eigenvalue weighted by Crippen LogP contribution is 2.22. The Labute approximate surface area is 122 Å². The normalized spacial score (nSPS) is 13.2. The van der Waals surface area contributed by atoms with E-state index in [0.717, 1.165) is 24.3 Å². The third-order valence-corrected chi connectivity index (χ3v) is 4.02. The predicted octanol–water partition coefficient (Wildman–Crippen LogP) is 2.48. The van der Waals surface area contributed by atoms with Crippen molar-refractivity contribution in [3.8, 4) is 5.75 Å². The van der Waals surface area contributed by atoms with E-state index in [2.05, 4.69) is 25.2 Å². The lowest BCUT2D eigenvalue weighted by Crippen LogP contribution is -2.19. The molecule has 0 bridgehead atoms. The molecule has 1 aromatic rings. The molecule has 1 N–H and O–H groups in total. The SMILES string of the molecule is CCCNC(C)c1ccc(OCCS(C)(=O)=O)c(C)c1. The van der Waals surface area contributed by atoms with Crippen LogP contribution in [0.3, 0.4) is 0 Å². The lowest BCUT2D eigenvalue weighted by Gasteiger charge is -2.16. The second-order valence-corrected chi connectivity index (χ2v) is 7.44. The molecule has 0 spiro atoms. The Bertz CT molecular complexity index is 526. The van der Waals surface area contributed by atoms with Crippen LogP contribution in [-0.2, 0) is 9.84 Å². The number of rotatable bonds is 8. The molecule has 114 valence electrons. The zero-order chi connectivity index (χ0) is 15.2. The first-order valence-corrected chi connectivity index (χ1v) is 9.04. The van der Waals surface area contributed by atoms with Crippen LogP contribution in [0.15, 0.2) is 18.2 Å². The van der Waals surface area contributed by atoms with Gasteiger partial charge in [-0.2, -0.15) is 0 Å². The number of hydrogen-bond donors (Lipinski definition) is 1. The summed E-state index contributed by atoms with van der Waals surface area (Å²) < 4.78 is 27.7. The monoisotopic (exact) mass is 299 g/mol. The Balaban J connectivity index is 2.63. The Morgan fingerprint density at radius 2 is 2.05 bits per heavy atom. The Hall–Kier alpha value is -1.07. The largest absolute Gasteiger partial charge is 0.492 e. The van der Waals surface area contributed by atoms with Gasteiger partial charge in [0.05, 0.1) is 5.75 Å². The van der Waals surface area contributed by atoms with Gasteiger partial charge in [0.1, 0.15) is 12.4 Å². The van der Waals surface area contributed by atoms with Gasteiger partial charge in [-0.3, -0.25) is 0 Å². The molecule has 0 amide bonds. The van der Waals surface area contributed by atoms with Gasteiger partial charge in [-0.05, 0) is 44.0 Å². The molecule has 1 aromatic carbocycles. The molecule has 0 saturated carbocycles. The molecule has 1 atom stereocenters.